The van der Waals surface area contributed by atoms with Crippen LogP contribution in [0.4, 0.5) is 9.59 Å². The summed E-state index contributed by atoms with van der Waals surface area (Å²) in [5, 5.41) is 15.5. The number of hydrogen-bond donors (Lipinski definition) is 3. The first-order valence-corrected chi connectivity index (χ1v) is 16.8. The number of aromatic hydroxyl groups is 1. The van der Waals surface area contributed by atoms with Gasteiger partial charge in [-0.05, 0) is 89.1 Å². The molecule has 0 fully saturated rings. The van der Waals surface area contributed by atoms with Crippen molar-refractivity contribution >= 4 is 35.9 Å². The zero-order valence-electron chi connectivity index (χ0n) is 31.1. The van der Waals surface area contributed by atoms with Crippen LogP contribution >= 0.6 is 0 Å². The molecule has 286 valence electrons. The van der Waals surface area contributed by atoms with Gasteiger partial charge in [-0.3, -0.25) is 9.59 Å². The van der Waals surface area contributed by atoms with E-state index in [1.807, 2.05) is 0 Å². The van der Waals surface area contributed by atoms with Gasteiger partial charge in [0, 0.05) is 13.1 Å². The zero-order valence-corrected chi connectivity index (χ0v) is 31.1. The smallest absolute Gasteiger partial charge is 0.407 e. The van der Waals surface area contributed by atoms with Crippen LogP contribution < -0.4 is 24.8 Å². The van der Waals surface area contributed by atoms with Crippen LogP contribution in [0.5, 0.6) is 23.0 Å². The van der Waals surface area contributed by atoms with Gasteiger partial charge in [0.05, 0.1) is 40.0 Å². The number of carbonyl (C=O) groups is 4. The Hall–Kier alpha value is -5.08. The molecular weight excluding hydrogens is 676 g/mol. The van der Waals surface area contributed by atoms with Crippen molar-refractivity contribution < 1.29 is 57.4 Å². The van der Waals surface area contributed by atoms with Gasteiger partial charge in [0.1, 0.15) is 24.4 Å². The number of allylic oxidation sites excluding steroid dienone is 2. The Morgan fingerprint density at radius 2 is 1.10 bits per heavy atom. The van der Waals surface area contributed by atoms with Crippen molar-refractivity contribution in [3.63, 3.8) is 0 Å². The van der Waals surface area contributed by atoms with E-state index in [0.29, 0.717) is 35.8 Å². The molecule has 2 amide bonds. The molecule has 0 unspecified atom stereocenters. The van der Waals surface area contributed by atoms with Crippen LogP contribution in [0, 0.1) is 0 Å². The molecule has 0 bridgehead atoms. The highest BCUT2D eigenvalue weighted by Gasteiger charge is 2.16. The standard InChI is InChI=1S/C38H52N2O12/c1-37(2,3)51-35(44)39-16-18-47-20-22-49-32-14-10-27(24-31(32)43)8-12-29(41)26-30(42)13-9-28-11-15-33(34(25-28)46-7)50-23-21-48-19-17-40-36(45)52-38(4,5)6/h8-15,24-25,43H,16-23,26H2,1-7H3,(H,39,44)(H,40,45)/b12-8+,13-9+. The molecular formula is C38H52N2O12. The number of phenolic OH excluding ortho intramolecular Hbond substituents is 1. The third-order valence-corrected chi connectivity index (χ3v) is 6.24. The number of benzene rings is 2. The number of rotatable bonds is 21. The van der Waals surface area contributed by atoms with Gasteiger partial charge in [-0.15, -0.1) is 0 Å². The highest BCUT2D eigenvalue weighted by molar-refractivity contribution is 6.10. The maximum atomic E-state index is 12.4. The molecule has 0 aromatic heterocycles. The van der Waals surface area contributed by atoms with Crippen molar-refractivity contribution in [2.75, 3.05) is 59.8 Å². The van der Waals surface area contributed by atoms with Crippen molar-refractivity contribution in [3.8, 4) is 23.0 Å². The van der Waals surface area contributed by atoms with E-state index in [9.17, 15) is 24.3 Å². The lowest BCUT2D eigenvalue weighted by Crippen LogP contribution is -2.34. The van der Waals surface area contributed by atoms with Crippen LogP contribution in [0.25, 0.3) is 12.2 Å². The normalized spacial score (nSPS) is 11.7. The number of carbonyl (C=O) groups excluding carboxylic acids is 4. The molecule has 0 aliphatic rings. The van der Waals surface area contributed by atoms with Crippen LogP contribution in [0.2, 0.25) is 0 Å². The van der Waals surface area contributed by atoms with E-state index >= 15 is 0 Å². The van der Waals surface area contributed by atoms with E-state index in [4.69, 9.17) is 33.2 Å². The number of alkyl carbamates (subject to hydrolysis) is 2. The Labute approximate surface area is 305 Å². The van der Waals surface area contributed by atoms with Gasteiger partial charge in [0.15, 0.2) is 34.6 Å². The van der Waals surface area contributed by atoms with Crippen molar-refractivity contribution in [1.29, 1.82) is 0 Å². The molecule has 0 saturated carbocycles. The monoisotopic (exact) mass is 728 g/mol. The van der Waals surface area contributed by atoms with E-state index in [0.717, 1.165) is 0 Å². The maximum Gasteiger partial charge on any atom is 0.407 e. The highest BCUT2D eigenvalue weighted by Crippen LogP contribution is 2.29. The summed E-state index contributed by atoms with van der Waals surface area (Å²) in [6, 6.07) is 9.81. The molecule has 14 heteroatoms. The Kier molecular flexibility index (Phi) is 18.2. The van der Waals surface area contributed by atoms with E-state index in [1.54, 1.807) is 78.0 Å². The summed E-state index contributed by atoms with van der Waals surface area (Å²) < 4.78 is 37.9. The summed E-state index contributed by atoms with van der Waals surface area (Å²) >= 11 is 0. The number of amides is 2. The topological polar surface area (TPSA) is 177 Å². The predicted molar refractivity (Wildman–Crippen MR) is 195 cm³/mol. The van der Waals surface area contributed by atoms with Gasteiger partial charge in [0.2, 0.25) is 0 Å². The van der Waals surface area contributed by atoms with E-state index in [2.05, 4.69) is 10.6 Å². The number of nitrogens with one attached hydrogen (secondary N) is 2. The Morgan fingerprint density at radius 1 is 0.635 bits per heavy atom. The Balaban J connectivity index is 1.70. The molecule has 0 aliphatic heterocycles. The van der Waals surface area contributed by atoms with Crippen molar-refractivity contribution in [2.24, 2.45) is 0 Å². The second kappa shape index (κ2) is 22.0. The summed E-state index contributed by atoms with van der Waals surface area (Å²) in [4.78, 5) is 48.1. The lowest BCUT2D eigenvalue weighted by Gasteiger charge is -2.19. The molecule has 2 rings (SSSR count). The first kappa shape index (κ1) is 43.1. The van der Waals surface area contributed by atoms with Gasteiger partial charge in [-0.25, -0.2) is 9.59 Å². The fourth-order valence-electron chi connectivity index (χ4n) is 4.04. The molecule has 0 heterocycles. The van der Waals surface area contributed by atoms with E-state index in [1.165, 1.54) is 31.4 Å². The van der Waals surface area contributed by atoms with Gasteiger partial charge in [-0.1, -0.05) is 24.3 Å². The number of methoxy groups -OCH3 is 1. The second-order valence-corrected chi connectivity index (χ2v) is 13.2. The van der Waals surface area contributed by atoms with Crippen LogP contribution in [-0.2, 0) is 28.5 Å². The average Bonchev–Trinajstić information content (AvgIpc) is 3.05. The molecule has 2 aromatic carbocycles. The number of ketones is 2. The highest BCUT2D eigenvalue weighted by atomic mass is 16.6. The number of phenols is 1. The van der Waals surface area contributed by atoms with Gasteiger partial charge >= 0.3 is 12.2 Å². The third-order valence-electron chi connectivity index (χ3n) is 6.24. The van der Waals surface area contributed by atoms with Gasteiger partial charge < -0.3 is 48.9 Å². The summed E-state index contributed by atoms with van der Waals surface area (Å²) in [5.41, 5.74) is 0.0709. The van der Waals surface area contributed by atoms with Crippen molar-refractivity contribution in [3.05, 3.63) is 59.7 Å². The molecule has 0 radical (unpaired) electrons. The lowest BCUT2D eigenvalue weighted by atomic mass is 10.1. The molecule has 0 atom stereocenters. The summed E-state index contributed by atoms with van der Waals surface area (Å²) in [6.07, 6.45) is 4.31. The van der Waals surface area contributed by atoms with Crippen LogP contribution in [0.3, 0.4) is 0 Å². The molecule has 2 aromatic rings. The van der Waals surface area contributed by atoms with Crippen LogP contribution in [0.1, 0.15) is 59.1 Å². The maximum absolute atomic E-state index is 12.4. The van der Waals surface area contributed by atoms with Crippen molar-refractivity contribution in [2.45, 2.75) is 59.2 Å². The summed E-state index contributed by atoms with van der Waals surface area (Å²) in [5.74, 6) is 0.274. The molecule has 3 N–H and O–H groups in total. The minimum atomic E-state index is -0.576. The minimum absolute atomic E-state index is 0.120. The molecule has 14 nitrogen and oxygen atoms in total. The first-order valence-electron chi connectivity index (χ1n) is 16.8. The van der Waals surface area contributed by atoms with Crippen molar-refractivity contribution in [1.82, 2.24) is 10.6 Å². The largest absolute Gasteiger partial charge is 0.504 e. The zero-order chi connectivity index (χ0) is 38.6. The Bertz CT molecular complexity index is 1520. The quantitative estimate of drug-likeness (QED) is 0.0838. The first-order chi connectivity index (χ1) is 24.5. The minimum Gasteiger partial charge on any atom is -0.504 e. The lowest BCUT2D eigenvalue weighted by molar-refractivity contribution is -0.121. The van der Waals surface area contributed by atoms with Crippen LogP contribution in [-0.4, -0.2) is 99.9 Å². The molecule has 0 spiro atoms. The van der Waals surface area contributed by atoms with Crippen LogP contribution in [0.15, 0.2) is 48.6 Å². The summed E-state index contributed by atoms with van der Waals surface area (Å²) in [6.45, 7) is 12.8. The molecule has 52 heavy (non-hydrogen) atoms. The van der Waals surface area contributed by atoms with Gasteiger partial charge in [-0.2, -0.15) is 0 Å². The van der Waals surface area contributed by atoms with E-state index < -0.39 is 29.2 Å². The fraction of sp³-hybridized carbons (Fsp3) is 0.474. The second-order valence-electron chi connectivity index (χ2n) is 13.2. The SMILES string of the molecule is COc1cc(/C=C/C(=O)CC(=O)/C=C/c2ccc(OCCOCCNC(=O)OC(C)(C)C)c(O)c2)ccc1OCCOCCNC(=O)OC(C)(C)C. The third kappa shape index (κ3) is 19.3. The predicted octanol–water partition coefficient (Wildman–Crippen LogP) is 5.50. The molecule has 0 saturated heterocycles. The number of hydrogen-bond acceptors (Lipinski definition) is 12. The van der Waals surface area contributed by atoms with E-state index in [-0.39, 0.29) is 63.3 Å². The fourth-order valence-corrected chi connectivity index (χ4v) is 4.04. The van der Waals surface area contributed by atoms with Gasteiger partial charge in [0.25, 0.3) is 0 Å². The average molecular weight is 729 g/mol. The Morgan fingerprint density at radius 3 is 1.56 bits per heavy atom. The molecule has 0 aliphatic carbocycles. The number of ether oxygens (including phenoxy) is 7. The summed E-state index contributed by atoms with van der Waals surface area (Å²) in [7, 11) is 1.50.